The van der Waals surface area contributed by atoms with Crippen LogP contribution in [0.1, 0.15) is 20.3 Å². The van der Waals surface area contributed by atoms with Gasteiger partial charge in [-0.3, -0.25) is 0 Å². The van der Waals surface area contributed by atoms with Gasteiger partial charge in [0.25, 0.3) is 0 Å². The maximum atomic E-state index is 11.4. The van der Waals surface area contributed by atoms with Crippen LogP contribution in [0.3, 0.4) is 0 Å². The number of rotatable bonds is 3. The van der Waals surface area contributed by atoms with E-state index in [1.165, 1.54) is 0 Å². The third kappa shape index (κ3) is 3.47. The molecule has 0 amide bonds. The highest BCUT2D eigenvalue weighted by molar-refractivity contribution is 5.87. The minimum atomic E-state index is -0.256. The van der Waals surface area contributed by atoms with E-state index < -0.39 is 0 Å². The summed E-state index contributed by atoms with van der Waals surface area (Å²) in [5.74, 6) is -0.256. The highest BCUT2D eigenvalue weighted by atomic mass is 16.7. The number of hydroxylamine groups is 2. The number of hydrogen-bond donors (Lipinski definition) is 0. The molecule has 1 aliphatic heterocycles. The molecule has 1 aliphatic rings. The second-order valence-corrected chi connectivity index (χ2v) is 3.22. The molecule has 1 saturated heterocycles. The topological polar surface area (TPSA) is 38.8 Å². The van der Waals surface area contributed by atoms with E-state index >= 15 is 0 Å². The summed E-state index contributed by atoms with van der Waals surface area (Å²) in [6.45, 7) is 6.34. The summed E-state index contributed by atoms with van der Waals surface area (Å²) in [5.41, 5.74) is 0.666. The lowest BCUT2D eigenvalue weighted by Crippen LogP contribution is -2.38. The number of nitrogens with zero attached hydrogens (tertiary/aromatic N) is 1. The van der Waals surface area contributed by atoms with E-state index in [4.69, 9.17) is 9.57 Å². The van der Waals surface area contributed by atoms with Crippen LogP contribution >= 0.6 is 0 Å². The molecule has 14 heavy (non-hydrogen) atoms. The fourth-order valence-electron chi connectivity index (χ4n) is 1.22. The molecule has 4 heteroatoms. The van der Waals surface area contributed by atoms with Crippen LogP contribution in [0.15, 0.2) is 11.6 Å². The minimum Gasteiger partial charge on any atom is -0.379 e. The van der Waals surface area contributed by atoms with Crippen molar-refractivity contribution in [2.45, 2.75) is 20.3 Å². The van der Waals surface area contributed by atoms with Crippen molar-refractivity contribution in [3.05, 3.63) is 11.6 Å². The molecule has 4 nitrogen and oxygen atoms in total. The predicted octanol–water partition coefficient (Wildman–Crippen LogP) is 1.13. The molecule has 0 N–H and O–H groups in total. The summed E-state index contributed by atoms with van der Waals surface area (Å²) < 4.78 is 5.14. The Labute approximate surface area is 84.4 Å². The number of carbonyl (C=O) groups is 1. The first-order chi connectivity index (χ1) is 6.74. The van der Waals surface area contributed by atoms with Gasteiger partial charge in [0.15, 0.2) is 0 Å². The Kier molecular flexibility index (Phi) is 4.62. The molecule has 1 heterocycles. The zero-order valence-corrected chi connectivity index (χ0v) is 8.78. The zero-order valence-electron chi connectivity index (χ0n) is 8.78. The van der Waals surface area contributed by atoms with E-state index in [1.807, 2.05) is 13.0 Å². The van der Waals surface area contributed by atoms with E-state index in [0.29, 0.717) is 31.9 Å². The van der Waals surface area contributed by atoms with Gasteiger partial charge in [0.2, 0.25) is 0 Å². The third-order valence-electron chi connectivity index (χ3n) is 2.01. The molecular formula is C10H17NO3. The molecule has 0 saturated carbocycles. The SMILES string of the molecule is CCC=C(C)C(=O)ON1CCOCC1. The lowest BCUT2D eigenvalue weighted by atomic mass is 10.2. The van der Waals surface area contributed by atoms with Gasteiger partial charge in [-0.05, 0) is 13.3 Å². The summed E-state index contributed by atoms with van der Waals surface area (Å²) in [4.78, 5) is 16.6. The molecular weight excluding hydrogens is 182 g/mol. The Hall–Kier alpha value is -0.870. The number of ether oxygens (including phenoxy) is 1. The average Bonchev–Trinajstić information content (AvgIpc) is 2.19. The minimum absolute atomic E-state index is 0.256. The van der Waals surface area contributed by atoms with Crippen molar-refractivity contribution in [3.8, 4) is 0 Å². The molecule has 80 valence electrons. The van der Waals surface area contributed by atoms with Crippen LogP contribution in [-0.4, -0.2) is 37.3 Å². The van der Waals surface area contributed by atoms with Crippen molar-refractivity contribution in [2.24, 2.45) is 0 Å². The zero-order chi connectivity index (χ0) is 10.4. The van der Waals surface area contributed by atoms with E-state index in [0.717, 1.165) is 6.42 Å². The maximum absolute atomic E-state index is 11.4. The first-order valence-electron chi connectivity index (χ1n) is 4.95. The number of hydrogen-bond acceptors (Lipinski definition) is 4. The van der Waals surface area contributed by atoms with E-state index in [1.54, 1.807) is 12.0 Å². The van der Waals surface area contributed by atoms with Crippen molar-refractivity contribution in [2.75, 3.05) is 26.3 Å². The largest absolute Gasteiger partial charge is 0.379 e. The van der Waals surface area contributed by atoms with Crippen molar-refractivity contribution in [1.82, 2.24) is 5.06 Å². The monoisotopic (exact) mass is 199 g/mol. The number of morpholine rings is 1. The first kappa shape index (κ1) is 11.2. The molecule has 0 aliphatic carbocycles. The van der Waals surface area contributed by atoms with Gasteiger partial charge in [-0.15, -0.1) is 5.06 Å². The van der Waals surface area contributed by atoms with Gasteiger partial charge >= 0.3 is 5.97 Å². The Morgan fingerprint density at radius 3 is 2.71 bits per heavy atom. The fraction of sp³-hybridized carbons (Fsp3) is 0.700. The van der Waals surface area contributed by atoms with Crippen molar-refractivity contribution in [1.29, 1.82) is 0 Å². The number of carbonyl (C=O) groups excluding carboxylic acids is 1. The van der Waals surface area contributed by atoms with Crippen LogP contribution in [0, 0.1) is 0 Å². The lowest BCUT2D eigenvalue weighted by molar-refractivity contribution is -0.200. The predicted molar refractivity (Wildman–Crippen MR) is 52.5 cm³/mol. The van der Waals surface area contributed by atoms with Crippen LogP contribution in [0.2, 0.25) is 0 Å². The Balaban J connectivity index is 2.35. The Morgan fingerprint density at radius 2 is 2.14 bits per heavy atom. The average molecular weight is 199 g/mol. The van der Waals surface area contributed by atoms with Crippen LogP contribution in [0.5, 0.6) is 0 Å². The fourth-order valence-corrected chi connectivity index (χ4v) is 1.22. The van der Waals surface area contributed by atoms with Gasteiger partial charge in [0, 0.05) is 5.57 Å². The molecule has 0 unspecified atom stereocenters. The molecule has 1 fully saturated rings. The summed E-state index contributed by atoms with van der Waals surface area (Å²) in [6, 6.07) is 0. The summed E-state index contributed by atoms with van der Waals surface area (Å²) >= 11 is 0. The second kappa shape index (κ2) is 5.78. The van der Waals surface area contributed by atoms with E-state index in [9.17, 15) is 4.79 Å². The van der Waals surface area contributed by atoms with E-state index in [-0.39, 0.29) is 5.97 Å². The molecule has 0 spiro atoms. The van der Waals surface area contributed by atoms with Crippen LogP contribution < -0.4 is 0 Å². The normalized spacial score (nSPS) is 19.4. The molecule has 0 radical (unpaired) electrons. The molecule has 0 atom stereocenters. The first-order valence-corrected chi connectivity index (χ1v) is 4.95. The molecule has 0 aromatic heterocycles. The summed E-state index contributed by atoms with van der Waals surface area (Å²) in [5, 5.41) is 1.65. The maximum Gasteiger partial charge on any atom is 0.352 e. The third-order valence-corrected chi connectivity index (χ3v) is 2.01. The van der Waals surface area contributed by atoms with Crippen LogP contribution in [0.4, 0.5) is 0 Å². The van der Waals surface area contributed by atoms with Gasteiger partial charge in [0.05, 0.1) is 26.3 Å². The van der Waals surface area contributed by atoms with Crippen LogP contribution in [0.25, 0.3) is 0 Å². The lowest BCUT2D eigenvalue weighted by Gasteiger charge is -2.25. The highest BCUT2D eigenvalue weighted by Crippen LogP contribution is 2.03. The van der Waals surface area contributed by atoms with Gasteiger partial charge in [0.1, 0.15) is 0 Å². The quantitative estimate of drug-likeness (QED) is 0.639. The summed E-state index contributed by atoms with van der Waals surface area (Å²) in [6.07, 6.45) is 2.72. The van der Waals surface area contributed by atoms with Gasteiger partial charge in [-0.1, -0.05) is 13.0 Å². The molecule has 0 aromatic rings. The van der Waals surface area contributed by atoms with Crippen molar-refractivity contribution >= 4 is 5.97 Å². The number of allylic oxidation sites excluding steroid dienone is 1. The Bertz CT molecular complexity index is 219. The van der Waals surface area contributed by atoms with Crippen molar-refractivity contribution in [3.63, 3.8) is 0 Å². The Morgan fingerprint density at radius 1 is 1.50 bits per heavy atom. The molecule has 1 rings (SSSR count). The van der Waals surface area contributed by atoms with Crippen molar-refractivity contribution < 1.29 is 14.4 Å². The van der Waals surface area contributed by atoms with Gasteiger partial charge < -0.3 is 9.57 Å². The highest BCUT2D eigenvalue weighted by Gasteiger charge is 2.15. The molecule has 0 aromatic carbocycles. The second-order valence-electron chi connectivity index (χ2n) is 3.22. The van der Waals surface area contributed by atoms with Gasteiger partial charge in [-0.2, -0.15) is 0 Å². The van der Waals surface area contributed by atoms with Crippen LogP contribution in [-0.2, 0) is 14.4 Å². The smallest absolute Gasteiger partial charge is 0.352 e. The molecule has 0 bridgehead atoms. The van der Waals surface area contributed by atoms with E-state index in [2.05, 4.69) is 0 Å². The standard InChI is InChI=1S/C10H17NO3/c1-3-4-9(2)10(12)14-11-5-7-13-8-6-11/h4H,3,5-8H2,1-2H3. The summed E-state index contributed by atoms with van der Waals surface area (Å²) in [7, 11) is 0. The van der Waals surface area contributed by atoms with Gasteiger partial charge in [-0.25, -0.2) is 4.79 Å².